The molecule has 0 saturated heterocycles. The molecule has 0 aromatic heterocycles. The number of phenolic OH excluding ortho intramolecular Hbond substituents is 2. The molecule has 0 saturated carbocycles. The van der Waals surface area contributed by atoms with Crippen molar-refractivity contribution in [2.24, 2.45) is 23.1 Å². The lowest BCUT2D eigenvalue weighted by molar-refractivity contribution is -0.144. The fourth-order valence-electron chi connectivity index (χ4n) is 9.20. The molecule has 0 aliphatic carbocycles. The lowest BCUT2D eigenvalue weighted by Gasteiger charge is -2.29. The number of phenols is 2. The molecule has 0 aliphatic heterocycles. The predicted molar refractivity (Wildman–Crippen MR) is 344 cm³/mol. The number of benzene rings is 3. The van der Waals surface area contributed by atoms with Crippen molar-refractivity contribution in [1.29, 1.82) is 0 Å². The van der Waals surface area contributed by atoms with Crippen LogP contribution in [0.2, 0.25) is 0 Å². The fourth-order valence-corrected chi connectivity index (χ4v) is 9.20. The predicted octanol–water partition coefficient (Wildman–Crippen LogP) is -8.74. The average molecular weight is 1380 g/mol. The van der Waals surface area contributed by atoms with Crippen molar-refractivity contribution >= 4 is 76.9 Å². The van der Waals surface area contributed by atoms with Crippen LogP contribution in [0.1, 0.15) is 70.1 Å². The summed E-state index contributed by atoms with van der Waals surface area (Å²) in [4.78, 5) is 176. The van der Waals surface area contributed by atoms with Gasteiger partial charge in [0.25, 0.3) is 0 Å². The number of carboxylic acids is 1. The molecule has 36 heteroatoms. The van der Waals surface area contributed by atoms with Crippen LogP contribution in [0.5, 0.6) is 11.5 Å². The molecule has 12 amide bonds. The zero-order chi connectivity index (χ0) is 73.5. The van der Waals surface area contributed by atoms with Crippen molar-refractivity contribution < 1.29 is 108 Å². The number of aliphatic carboxylic acids is 1. The largest absolute Gasteiger partial charge is 0.508 e. The zero-order valence-electron chi connectivity index (χ0n) is 54.2. The van der Waals surface area contributed by atoms with Gasteiger partial charge in [-0.25, -0.2) is 4.79 Å². The molecule has 26 N–H and O–H groups in total. The van der Waals surface area contributed by atoms with Gasteiger partial charge >= 0.3 is 5.97 Å². The first kappa shape index (κ1) is 82.3. The van der Waals surface area contributed by atoms with Gasteiger partial charge in [-0.15, -0.1) is 0 Å². The summed E-state index contributed by atoms with van der Waals surface area (Å²) in [5.41, 5.74) is 18.2. The minimum absolute atomic E-state index is 0.120. The number of aromatic hydroxyl groups is 2. The minimum atomic E-state index is -2.05. The lowest BCUT2D eigenvalue weighted by atomic mass is 10.0. The Morgan fingerprint density at radius 3 is 1.07 bits per heavy atom. The first-order valence-electron chi connectivity index (χ1n) is 31.0. The smallest absolute Gasteiger partial charge is 0.328 e. The Morgan fingerprint density at radius 1 is 0.388 bits per heavy atom. The van der Waals surface area contributed by atoms with Gasteiger partial charge in [-0.05, 0) is 86.5 Å². The monoisotopic (exact) mass is 1380 g/mol. The molecule has 0 bridgehead atoms. The van der Waals surface area contributed by atoms with E-state index in [1.807, 2.05) is 10.6 Å². The highest BCUT2D eigenvalue weighted by molar-refractivity contribution is 6.00. The highest BCUT2D eigenvalue weighted by atomic mass is 16.4. The number of aliphatic hydroxyl groups excluding tert-OH is 6. The molecule has 14 atom stereocenters. The van der Waals surface area contributed by atoms with Crippen LogP contribution < -0.4 is 75.7 Å². The maximum atomic E-state index is 14.8. The van der Waals surface area contributed by atoms with Crippen LogP contribution in [0.3, 0.4) is 0 Å². The summed E-state index contributed by atoms with van der Waals surface area (Å²) in [6.07, 6.45) is -5.30. The van der Waals surface area contributed by atoms with Crippen LogP contribution in [0, 0.1) is 5.92 Å². The van der Waals surface area contributed by atoms with Crippen molar-refractivity contribution in [1.82, 2.24) is 58.5 Å². The number of rotatable bonds is 42. The van der Waals surface area contributed by atoms with Gasteiger partial charge < -0.3 is 122 Å². The number of nitrogens with two attached hydrogens (primary N) is 3. The number of hydrogen-bond donors (Lipinski definition) is 23. The molecule has 0 spiro atoms. The Hall–Kier alpha value is -9.95. The van der Waals surface area contributed by atoms with E-state index in [9.17, 15) is 108 Å². The first-order chi connectivity index (χ1) is 46.3. The molecule has 0 aliphatic rings. The third-order valence-electron chi connectivity index (χ3n) is 14.9. The summed E-state index contributed by atoms with van der Waals surface area (Å²) in [5, 5.41) is 115. The quantitative estimate of drug-likeness (QED) is 0.0234. The van der Waals surface area contributed by atoms with E-state index in [0.29, 0.717) is 17.5 Å². The van der Waals surface area contributed by atoms with Crippen LogP contribution >= 0.6 is 0 Å². The molecule has 0 heterocycles. The summed E-state index contributed by atoms with van der Waals surface area (Å²) < 4.78 is 0. The molecule has 98 heavy (non-hydrogen) atoms. The molecule has 0 fully saturated rings. The number of hydrogen-bond acceptors (Lipinski definition) is 23. The number of unbranched alkanes of at least 4 members (excludes halogenated alkanes) is 1. The summed E-state index contributed by atoms with van der Waals surface area (Å²) in [6, 6.07) is -2.39. The average Bonchev–Trinajstić information content (AvgIpc) is 0.861. The Bertz CT molecular complexity index is 3180. The van der Waals surface area contributed by atoms with E-state index in [0.717, 1.165) is 13.8 Å². The van der Waals surface area contributed by atoms with Gasteiger partial charge in [0.15, 0.2) is 0 Å². The van der Waals surface area contributed by atoms with E-state index >= 15 is 0 Å². The Kier molecular flexibility index (Phi) is 34.6. The summed E-state index contributed by atoms with van der Waals surface area (Å²) in [5.74, 6) is -16.4. The topological polar surface area (TPSA) is 614 Å². The van der Waals surface area contributed by atoms with Crippen molar-refractivity contribution in [3.63, 3.8) is 0 Å². The van der Waals surface area contributed by atoms with E-state index in [4.69, 9.17) is 17.2 Å². The second kappa shape index (κ2) is 41.2. The van der Waals surface area contributed by atoms with Crippen LogP contribution in [0.15, 0.2) is 78.9 Å². The molecule has 3 aromatic rings. The highest BCUT2D eigenvalue weighted by Crippen LogP contribution is 2.16. The second-order valence-corrected chi connectivity index (χ2v) is 23.2. The SMILES string of the molecule is CC(C)[C@H](N)C(=O)N[C@@H](CO)C(=O)N[C@@H](CC(N)=O)C(=O)N[C@@H](Cc1ccc(O)cc1)C(=O)N[C@@H](CCCCN)C(=O)N[C@@H](Cc1ccccc1)C(=O)N[C@@H](Cc1ccc(O)cc1)C(=O)N[C@@H](CO)C(=O)N[C@H](C(=O)N[C@H](C(=O)N[C@@H](CO)C(=O)N[C@@H](CO)C(=O)O)[C@@H](C)O)[C@@H](C)O. The number of carboxylic acid groups (broad SMARTS) is 1. The van der Waals surface area contributed by atoms with Gasteiger partial charge in [0.05, 0.1) is 51.1 Å². The second-order valence-electron chi connectivity index (χ2n) is 23.2. The molecule has 36 nitrogen and oxygen atoms in total. The van der Waals surface area contributed by atoms with E-state index in [1.54, 1.807) is 44.2 Å². The standard InChI is InChI=1S/C62H90N14O22/c1-30(2)48(65)59(94)72-43(26-77)56(91)70-42(25-47(64)85)55(90)69-40(23-34-13-17-36(83)18-14-34)52(87)66-38(12-8-9-21-63)51(86)67-39(22-33-10-6-5-7-11-33)53(88)68-41(24-35-15-19-37(84)20-16-35)54(89)71-45(28-79)58(93)75-50(32(4)82)61(96)76-49(31(3)81)60(95)73-44(27-78)57(92)74-46(29-80)62(97)98/h5-7,10-11,13-20,30-32,38-46,48-50,77-84H,8-9,12,21-29,63,65H2,1-4H3,(H2,64,85)(H,66,87)(H,67,86)(H,68,88)(H,69,90)(H,70,91)(H,71,89)(H,72,94)(H,73,95)(H,74,92)(H,75,93)(H,76,96)(H,97,98)/t31-,32-,38+,39+,40+,41+,42+,43+,44+,45+,46+,48+,49+,50+/m1/s1. The molecule has 3 rings (SSSR count). The lowest BCUT2D eigenvalue weighted by Crippen LogP contribution is -2.64. The van der Waals surface area contributed by atoms with Crippen LogP contribution in [0.4, 0.5) is 0 Å². The third-order valence-corrected chi connectivity index (χ3v) is 14.9. The van der Waals surface area contributed by atoms with Gasteiger partial charge in [-0.1, -0.05) is 68.4 Å². The van der Waals surface area contributed by atoms with Crippen LogP contribution in [0.25, 0.3) is 0 Å². The van der Waals surface area contributed by atoms with Crippen molar-refractivity contribution in [3.05, 3.63) is 95.6 Å². The van der Waals surface area contributed by atoms with E-state index in [2.05, 4.69) is 47.9 Å². The molecular formula is C62H90N14O22. The molecule has 540 valence electrons. The third kappa shape index (κ3) is 27.3. The van der Waals surface area contributed by atoms with Crippen molar-refractivity contribution in [2.45, 2.75) is 157 Å². The van der Waals surface area contributed by atoms with Crippen molar-refractivity contribution in [2.75, 3.05) is 33.0 Å². The van der Waals surface area contributed by atoms with Gasteiger partial charge in [0, 0.05) is 19.3 Å². The van der Waals surface area contributed by atoms with Crippen LogP contribution in [-0.4, -0.2) is 240 Å². The number of carbonyl (C=O) groups excluding carboxylic acids is 12. The molecular weight excluding hydrogens is 1290 g/mol. The molecule has 0 unspecified atom stereocenters. The summed E-state index contributed by atoms with van der Waals surface area (Å²) in [7, 11) is 0. The van der Waals surface area contributed by atoms with Gasteiger partial charge in [0.1, 0.15) is 78.0 Å². The van der Waals surface area contributed by atoms with Gasteiger partial charge in [0.2, 0.25) is 70.9 Å². The molecule has 0 radical (unpaired) electrons. The molecule has 3 aromatic carbocycles. The number of amides is 12. The van der Waals surface area contributed by atoms with Crippen LogP contribution in [-0.2, 0) is 81.6 Å². The maximum Gasteiger partial charge on any atom is 0.328 e. The maximum absolute atomic E-state index is 14.8. The van der Waals surface area contributed by atoms with E-state index in [-0.39, 0.29) is 49.3 Å². The Labute approximate surface area is 562 Å². The van der Waals surface area contributed by atoms with E-state index in [1.165, 1.54) is 48.5 Å². The number of primary amides is 1. The Morgan fingerprint density at radius 2 is 0.694 bits per heavy atom. The number of nitrogens with one attached hydrogen (secondary N) is 11. The normalized spacial score (nSPS) is 15.4. The highest BCUT2D eigenvalue weighted by Gasteiger charge is 2.39. The van der Waals surface area contributed by atoms with Crippen molar-refractivity contribution in [3.8, 4) is 11.5 Å². The minimum Gasteiger partial charge on any atom is -0.508 e. The Balaban J connectivity index is 2.01. The fraction of sp³-hybridized carbons (Fsp3) is 0.500. The summed E-state index contributed by atoms with van der Waals surface area (Å²) >= 11 is 0. The number of aliphatic hydroxyl groups is 6. The summed E-state index contributed by atoms with van der Waals surface area (Å²) in [6.45, 7) is 0.943. The van der Waals surface area contributed by atoms with Gasteiger partial charge in [-0.2, -0.15) is 0 Å². The van der Waals surface area contributed by atoms with Gasteiger partial charge in [-0.3, -0.25) is 57.5 Å². The zero-order valence-corrected chi connectivity index (χ0v) is 54.2. The first-order valence-corrected chi connectivity index (χ1v) is 31.0. The van der Waals surface area contributed by atoms with E-state index < -0.39 is 207 Å². The number of carbonyl (C=O) groups is 13.